The van der Waals surface area contributed by atoms with Crippen LogP contribution in [0.1, 0.15) is 12.8 Å². The third-order valence-electron chi connectivity index (χ3n) is 4.97. The molecule has 3 aromatic rings. The number of ether oxygens (including phenoxy) is 2. The monoisotopic (exact) mass is 368 g/mol. The zero-order chi connectivity index (χ0) is 18.9. The fourth-order valence-electron chi connectivity index (χ4n) is 3.46. The van der Waals surface area contributed by atoms with E-state index in [1.54, 1.807) is 18.2 Å². The number of para-hydroxylation sites is 2. The van der Waals surface area contributed by atoms with Gasteiger partial charge in [-0.25, -0.2) is 14.8 Å². The fourth-order valence-corrected chi connectivity index (χ4v) is 3.46. The van der Waals surface area contributed by atoms with Crippen molar-refractivity contribution in [2.24, 2.45) is 0 Å². The van der Waals surface area contributed by atoms with Crippen LogP contribution in [0.3, 0.4) is 0 Å². The van der Waals surface area contributed by atoms with Gasteiger partial charge in [0.15, 0.2) is 11.5 Å². The molecule has 140 valence electrons. The van der Waals surface area contributed by atoms with Crippen LogP contribution in [0.15, 0.2) is 42.9 Å². The summed E-state index contributed by atoms with van der Waals surface area (Å²) in [5.41, 5.74) is -0.532. The normalized spacial score (nSPS) is 16.3. The molecule has 0 spiro atoms. The van der Waals surface area contributed by atoms with E-state index >= 15 is 0 Å². The molecule has 1 aliphatic heterocycles. The van der Waals surface area contributed by atoms with E-state index in [9.17, 15) is 9.90 Å². The van der Waals surface area contributed by atoms with Crippen molar-refractivity contribution in [3.63, 3.8) is 0 Å². The Hall–Kier alpha value is -3.29. The van der Waals surface area contributed by atoms with Gasteiger partial charge in [-0.2, -0.15) is 0 Å². The number of carbonyl (C=O) groups is 1. The van der Waals surface area contributed by atoms with Crippen LogP contribution in [-0.4, -0.2) is 51.8 Å². The number of nitrogens with zero attached hydrogens (tertiary/aromatic N) is 3. The lowest BCUT2D eigenvalue weighted by atomic mass is 9.91. The molecular formula is C19H20N4O4. The molecule has 0 saturated carbocycles. The zero-order valence-electron chi connectivity index (χ0n) is 14.9. The lowest BCUT2D eigenvalue weighted by molar-refractivity contribution is -0.157. The first-order valence-corrected chi connectivity index (χ1v) is 8.71. The smallest absolute Gasteiger partial charge is 0.348 e. The molecular weight excluding hydrogens is 348 g/mol. The molecule has 1 fully saturated rings. The van der Waals surface area contributed by atoms with Gasteiger partial charge in [-0.1, -0.05) is 12.1 Å². The van der Waals surface area contributed by atoms with Crippen molar-refractivity contribution in [3.8, 4) is 11.5 Å². The summed E-state index contributed by atoms with van der Waals surface area (Å²) in [6, 6.07) is 9.02. The van der Waals surface area contributed by atoms with E-state index in [4.69, 9.17) is 9.47 Å². The second kappa shape index (κ2) is 6.79. The van der Waals surface area contributed by atoms with Crippen molar-refractivity contribution in [2.45, 2.75) is 18.4 Å². The van der Waals surface area contributed by atoms with Gasteiger partial charge in [0.25, 0.3) is 0 Å². The van der Waals surface area contributed by atoms with Crippen molar-refractivity contribution in [1.29, 1.82) is 0 Å². The van der Waals surface area contributed by atoms with Gasteiger partial charge >= 0.3 is 5.97 Å². The second-order valence-electron chi connectivity index (χ2n) is 6.48. The number of carboxylic acid groups (broad SMARTS) is 1. The summed E-state index contributed by atoms with van der Waals surface area (Å²) in [4.78, 5) is 25.8. The molecule has 0 amide bonds. The van der Waals surface area contributed by atoms with Crippen molar-refractivity contribution < 1.29 is 19.4 Å². The molecule has 1 aliphatic rings. The quantitative estimate of drug-likeness (QED) is 0.713. The molecule has 0 atom stereocenters. The maximum absolute atomic E-state index is 12.1. The van der Waals surface area contributed by atoms with E-state index in [2.05, 4.69) is 19.9 Å². The first-order chi connectivity index (χ1) is 13.1. The number of methoxy groups -OCH3 is 1. The Morgan fingerprint density at radius 1 is 1.19 bits per heavy atom. The standard InChI is InChI=1S/C19H20N4O4/c1-26-14-4-2-3-5-15(14)27-19(18(24)25)7-10-23(11-8-19)17-13-6-9-20-16(13)21-12-22-17/h2-6,9,12H,7-8,10-11H2,1H3,(H,24,25)(H,20,21,22). The first-order valence-electron chi connectivity index (χ1n) is 8.71. The molecule has 4 rings (SSSR count). The molecule has 8 heteroatoms. The van der Waals surface area contributed by atoms with Gasteiger partial charge in [-0.05, 0) is 18.2 Å². The summed E-state index contributed by atoms with van der Waals surface area (Å²) >= 11 is 0. The largest absolute Gasteiger partial charge is 0.493 e. The fraction of sp³-hybridized carbons (Fsp3) is 0.316. The van der Waals surface area contributed by atoms with Crippen molar-refractivity contribution in [3.05, 3.63) is 42.9 Å². The Kier molecular flexibility index (Phi) is 4.31. The number of benzene rings is 1. The van der Waals surface area contributed by atoms with Crippen molar-refractivity contribution >= 4 is 22.8 Å². The number of piperidine rings is 1. The zero-order valence-corrected chi connectivity index (χ0v) is 14.9. The highest BCUT2D eigenvalue weighted by Gasteiger charge is 2.45. The summed E-state index contributed by atoms with van der Waals surface area (Å²) in [6.07, 6.45) is 3.99. The molecule has 2 N–H and O–H groups in total. The van der Waals surface area contributed by atoms with E-state index in [0.717, 1.165) is 16.9 Å². The number of anilines is 1. The van der Waals surface area contributed by atoms with Crippen LogP contribution in [0.2, 0.25) is 0 Å². The Balaban J connectivity index is 1.57. The predicted octanol–water partition coefficient (Wildman–Crippen LogP) is 2.47. The average Bonchev–Trinajstić information content (AvgIpc) is 3.18. The molecule has 0 radical (unpaired) electrons. The number of aliphatic carboxylic acids is 1. The van der Waals surface area contributed by atoms with E-state index < -0.39 is 11.6 Å². The van der Waals surface area contributed by atoms with Crippen LogP contribution >= 0.6 is 0 Å². The van der Waals surface area contributed by atoms with Gasteiger partial charge in [0.1, 0.15) is 17.8 Å². The lowest BCUT2D eigenvalue weighted by Gasteiger charge is -2.39. The minimum absolute atomic E-state index is 0.330. The Morgan fingerprint density at radius 3 is 2.63 bits per heavy atom. The minimum atomic E-state index is -1.30. The molecule has 1 saturated heterocycles. The topological polar surface area (TPSA) is 101 Å². The van der Waals surface area contributed by atoms with Gasteiger partial charge in [0.05, 0.1) is 12.5 Å². The Labute approximate surface area is 155 Å². The van der Waals surface area contributed by atoms with Crippen molar-refractivity contribution in [1.82, 2.24) is 15.0 Å². The number of H-pyrrole nitrogens is 1. The Bertz CT molecular complexity index is 963. The number of nitrogens with one attached hydrogen (secondary N) is 1. The average molecular weight is 368 g/mol. The van der Waals surface area contributed by atoms with Crippen LogP contribution in [0.25, 0.3) is 11.0 Å². The minimum Gasteiger partial charge on any atom is -0.493 e. The third kappa shape index (κ3) is 3.03. The highest BCUT2D eigenvalue weighted by atomic mass is 16.5. The van der Waals surface area contributed by atoms with Crippen LogP contribution in [0.5, 0.6) is 11.5 Å². The maximum Gasteiger partial charge on any atom is 0.348 e. The van der Waals surface area contributed by atoms with E-state index in [-0.39, 0.29) is 0 Å². The van der Waals surface area contributed by atoms with Gasteiger partial charge in [0, 0.05) is 32.1 Å². The van der Waals surface area contributed by atoms with Gasteiger partial charge in [-0.15, -0.1) is 0 Å². The van der Waals surface area contributed by atoms with E-state index in [1.807, 2.05) is 18.3 Å². The number of hydrogen-bond acceptors (Lipinski definition) is 6. The van der Waals surface area contributed by atoms with Crippen LogP contribution in [0.4, 0.5) is 5.82 Å². The number of hydrogen-bond donors (Lipinski definition) is 2. The van der Waals surface area contributed by atoms with Gasteiger partial charge in [0.2, 0.25) is 5.60 Å². The highest BCUT2D eigenvalue weighted by molar-refractivity contribution is 5.87. The second-order valence-corrected chi connectivity index (χ2v) is 6.48. The van der Waals surface area contributed by atoms with Gasteiger partial charge in [-0.3, -0.25) is 0 Å². The summed E-state index contributed by atoms with van der Waals surface area (Å²) in [5.74, 6) is 0.788. The molecule has 0 aliphatic carbocycles. The van der Waals surface area contributed by atoms with Gasteiger partial charge < -0.3 is 24.5 Å². The lowest BCUT2D eigenvalue weighted by Crippen LogP contribution is -2.53. The molecule has 0 unspecified atom stereocenters. The Morgan fingerprint density at radius 2 is 1.93 bits per heavy atom. The molecule has 27 heavy (non-hydrogen) atoms. The highest BCUT2D eigenvalue weighted by Crippen LogP contribution is 2.36. The molecule has 3 heterocycles. The van der Waals surface area contributed by atoms with Crippen LogP contribution < -0.4 is 14.4 Å². The molecule has 1 aromatic carbocycles. The SMILES string of the molecule is COc1ccccc1OC1(C(=O)O)CCN(c2ncnc3[nH]ccc23)CC1. The number of rotatable bonds is 5. The molecule has 2 aromatic heterocycles. The van der Waals surface area contributed by atoms with E-state index in [0.29, 0.717) is 37.4 Å². The summed E-state index contributed by atoms with van der Waals surface area (Å²) in [6.45, 7) is 1.03. The molecule has 0 bridgehead atoms. The summed E-state index contributed by atoms with van der Waals surface area (Å²) < 4.78 is 11.3. The predicted molar refractivity (Wildman–Crippen MR) is 99.3 cm³/mol. The third-order valence-corrected chi connectivity index (χ3v) is 4.97. The summed E-state index contributed by atoms with van der Waals surface area (Å²) in [5, 5.41) is 10.8. The van der Waals surface area contributed by atoms with Crippen LogP contribution in [0, 0.1) is 0 Å². The number of carboxylic acids is 1. The first kappa shape index (κ1) is 17.1. The number of aromatic amines is 1. The van der Waals surface area contributed by atoms with Crippen LogP contribution in [-0.2, 0) is 4.79 Å². The van der Waals surface area contributed by atoms with Crippen molar-refractivity contribution in [2.75, 3.05) is 25.1 Å². The number of fused-ring (bicyclic) bond motifs is 1. The summed E-state index contributed by atoms with van der Waals surface area (Å²) in [7, 11) is 1.54. The maximum atomic E-state index is 12.1. The van der Waals surface area contributed by atoms with E-state index in [1.165, 1.54) is 13.4 Å². The number of aromatic nitrogens is 3. The molecule has 8 nitrogen and oxygen atoms in total.